The summed E-state index contributed by atoms with van der Waals surface area (Å²) >= 11 is 0. The Labute approximate surface area is 222 Å². The molecule has 2 aliphatic rings. The molecule has 2 amide bonds. The third-order valence-corrected chi connectivity index (χ3v) is 8.93. The van der Waals surface area contributed by atoms with Crippen molar-refractivity contribution >= 4 is 22.0 Å². The van der Waals surface area contributed by atoms with Crippen LogP contribution in [0.4, 0.5) is 9.18 Å². The topological polar surface area (TPSA) is 99.3 Å². The van der Waals surface area contributed by atoms with Crippen molar-refractivity contribution < 1.29 is 27.1 Å². The number of urea groups is 1. The van der Waals surface area contributed by atoms with E-state index in [9.17, 15) is 22.4 Å². The Morgan fingerprint density at radius 3 is 2.50 bits per heavy atom. The number of hydrogen-bond donors (Lipinski definition) is 1. The van der Waals surface area contributed by atoms with Crippen molar-refractivity contribution in [3.8, 4) is 0 Å². The van der Waals surface area contributed by atoms with E-state index in [0.29, 0.717) is 24.4 Å². The van der Waals surface area contributed by atoms with Crippen LogP contribution in [0.3, 0.4) is 0 Å². The van der Waals surface area contributed by atoms with Gasteiger partial charge in [-0.15, -0.1) is 0 Å². The molecular weight excluding hydrogens is 511 g/mol. The smallest absolute Gasteiger partial charge is 0.338 e. The van der Waals surface area contributed by atoms with Gasteiger partial charge in [-0.1, -0.05) is 29.8 Å². The Morgan fingerprint density at radius 1 is 1.16 bits per heavy atom. The zero-order valence-corrected chi connectivity index (χ0v) is 22.8. The average molecular weight is 545 g/mol. The van der Waals surface area contributed by atoms with Crippen LogP contribution in [0.1, 0.15) is 31.0 Å². The molecule has 0 bridgehead atoms. The molecule has 1 N–H and O–H groups in total. The van der Waals surface area contributed by atoms with Gasteiger partial charge in [0.15, 0.2) is 0 Å². The second kappa shape index (κ2) is 11.2. The predicted molar refractivity (Wildman–Crippen MR) is 140 cm³/mol. The standard InChI is InChI=1S/C27H33FN4O5S/c1-5-37-26(33)24-23(30(4)27(34)29-25(24)20-7-6-8-21(28)15-20)17-31-13-14-32(19(3)16-31)38(35,36)22-11-9-18(2)10-12-22/h6-12,15,19,25H,5,13-14,16-17H2,1-4H3,(H,29,34). The van der Waals surface area contributed by atoms with Crippen molar-refractivity contribution in [2.75, 3.05) is 39.8 Å². The maximum Gasteiger partial charge on any atom is 0.338 e. The van der Waals surface area contributed by atoms with Gasteiger partial charge in [-0.3, -0.25) is 9.80 Å². The van der Waals surface area contributed by atoms with E-state index in [2.05, 4.69) is 5.32 Å². The molecule has 1 fully saturated rings. The van der Waals surface area contributed by atoms with Crippen LogP contribution in [0, 0.1) is 12.7 Å². The zero-order valence-electron chi connectivity index (χ0n) is 22.0. The molecule has 11 heteroatoms. The van der Waals surface area contributed by atoms with Crippen LogP contribution in [0.25, 0.3) is 0 Å². The average Bonchev–Trinajstić information content (AvgIpc) is 2.87. The van der Waals surface area contributed by atoms with E-state index in [1.54, 1.807) is 44.3 Å². The highest BCUT2D eigenvalue weighted by atomic mass is 32.2. The molecule has 2 heterocycles. The molecule has 9 nitrogen and oxygen atoms in total. The number of ether oxygens (including phenoxy) is 1. The summed E-state index contributed by atoms with van der Waals surface area (Å²) < 4.78 is 47.4. The van der Waals surface area contributed by atoms with E-state index in [0.717, 1.165) is 5.56 Å². The summed E-state index contributed by atoms with van der Waals surface area (Å²) in [5.74, 6) is -1.09. The Kier molecular flexibility index (Phi) is 8.19. The van der Waals surface area contributed by atoms with Crippen molar-refractivity contribution in [3.05, 3.63) is 76.7 Å². The summed E-state index contributed by atoms with van der Waals surface area (Å²) in [7, 11) is -2.11. The Balaban J connectivity index is 1.62. The van der Waals surface area contributed by atoms with E-state index in [1.165, 1.54) is 27.4 Å². The van der Waals surface area contributed by atoms with Gasteiger partial charge in [0.2, 0.25) is 10.0 Å². The molecule has 0 saturated carbocycles. The number of piperazine rings is 1. The lowest BCUT2D eigenvalue weighted by Gasteiger charge is -2.41. The molecule has 0 radical (unpaired) electrons. The number of nitrogens with zero attached hydrogens (tertiary/aromatic N) is 3. The third kappa shape index (κ3) is 5.59. The number of esters is 1. The maximum atomic E-state index is 14.0. The molecule has 204 valence electrons. The summed E-state index contributed by atoms with van der Waals surface area (Å²) in [5.41, 5.74) is 2.06. The lowest BCUT2D eigenvalue weighted by molar-refractivity contribution is -0.139. The van der Waals surface area contributed by atoms with Gasteiger partial charge < -0.3 is 10.1 Å². The molecule has 0 spiro atoms. The van der Waals surface area contributed by atoms with Crippen LogP contribution in [-0.4, -0.2) is 80.4 Å². The van der Waals surface area contributed by atoms with Crippen LogP contribution < -0.4 is 5.32 Å². The second-order valence-corrected chi connectivity index (χ2v) is 11.5. The third-order valence-electron chi connectivity index (χ3n) is 6.91. The monoisotopic (exact) mass is 544 g/mol. The maximum absolute atomic E-state index is 14.0. The van der Waals surface area contributed by atoms with Crippen LogP contribution in [-0.2, 0) is 19.6 Å². The first kappa shape index (κ1) is 27.7. The summed E-state index contributed by atoms with van der Waals surface area (Å²) in [5, 5.41) is 2.78. The van der Waals surface area contributed by atoms with Crippen molar-refractivity contribution in [2.24, 2.45) is 0 Å². The minimum absolute atomic E-state index is 0.135. The first-order chi connectivity index (χ1) is 18.0. The predicted octanol–water partition coefficient (Wildman–Crippen LogP) is 3.04. The van der Waals surface area contributed by atoms with E-state index in [-0.39, 0.29) is 36.2 Å². The van der Waals surface area contributed by atoms with Gasteiger partial charge >= 0.3 is 12.0 Å². The summed E-state index contributed by atoms with van der Waals surface area (Å²) in [6.45, 7) is 6.82. The fourth-order valence-electron chi connectivity index (χ4n) is 4.91. The second-order valence-electron chi connectivity index (χ2n) is 9.59. The zero-order chi connectivity index (χ0) is 27.6. The van der Waals surface area contributed by atoms with Crippen LogP contribution >= 0.6 is 0 Å². The molecule has 2 aromatic carbocycles. The number of sulfonamides is 1. The highest BCUT2D eigenvalue weighted by molar-refractivity contribution is 7.89. The number of carbonyl (C=O) groups is 2. The normalized spacial score (nSPS) is 21.4. The highest BCUT2D eigenvalue weighted by Gasteiger charge is 2.39. The molecule has 2 aliphatic heterocycles. The molecule has 4 rings (SSSR count). The van der Waals surface area contributed by atoms with E-state index in [4.69, 9.17) is 4.74 Å². The van der Waals surface area contributed by atoms with E-state index < -0.39 is 33.9 Å². The van der Waals surface area contributed by atoms with Crippen molar-refractivity contribution in [3.63, 3.8) is 0 Å². The Morgan fingerprint density at radius 2 is 1.87 bits per heavy atom. The Hall–Kier alpha value is -3.28. The van der Waals surface area contributed by atoms with Gasteiger partial charge in [0.25, 0.3) is 0 Å². The Bertz CT molecular complexity index is 1350. The first-order valence-corrected chi connectivity index (χ1v) is 14.0. The summed E-state index contributed by atoms with van der Waals surface area (Å²) in [6.07, 6.45) is 0. The van der Waals surface area contributed by atoms with Gasteiger partial charge in [-0.2, -0.15) is 4.31 Å². The number of aryl methyl sites for hydroxylation is 1. The molecule has 2 unspecified atom stereocenters. The van der Waals surface area contributed by atoms with Crippen molar-refractivity contribution in [1.29, 1.82) is 0 Å². The minimum Gasteiger partial charge on any atom is -0.463 e. The van der Waals surface area contributed by atoms with Crippen LogP contribution in [0.5, 0.6) is 0 Å². The fraction of sp³-hybridized carbons (Fsp3) is 0.407. The minimum atomic E-state index is -3.67. The lowest BCUT2D eigenvalue weighted by atomic mass is 9.94. The quantitative estimate of drug-likeness (QED) is 0.538. The lowest BCUT2D eigenvalue weighted by Crippen LogP contribution is -2.56. The van der Waals surface area contributed by atoms with Crippen LogP contribution in [0.15, 0.2) is 64.7 Å². The van der Waals surface area contributed by atoms with Crippen molar-refractivity contribution in [2.45, 2.75) is 37.8 Å². The number of likely N-dealkylation sites (N-methyl/N-ethyl adjacent to an activating group) is 1. The van der Waals surface area contributed by atoms with Gasteiger partial charge in [-0.05, 0) is 50.6 Å². The molecular formula is C27H33FN4O5S. The van der Waals surface area contributed by atoms with Gasteiger partial charge in [0.1, 0.15) is 5.82 Å². The molecule has 2 aromatic rings. The number of carbonyl (C=O) groups excluding carboxylic acids is 2. The molecule has 2 atom stereocenters. The van der Waals surface area contributed by atoms with Crippen molar-refractivity contribution in [1.82, 2.24) is 19.4 Å². The van der Waals surface area contributed by atoms with E-state index in [1.807, 2.05) is 18.7 Å². The number of nitrogens with one attached hydrogen (secondary N) is 1. The fourth-order valence-corrected chi connectivity index (χ4v) is 6.52. The number of benzene rings is 2. The van der Waals surface area contributed by atoms with Gasteiger partial charge in [0, 0.05) is 45.0 Å². The molecule has 0 aromatic heterocycles. The molecule has 0 aliphatic carbocycles. The number of amides is 2. The number of halogens is 1. The SMILES string of the molecule is CCOC(=O)C1=C(CN2CCN(S(=O)(=O)c3ccc(C)cc3)C(C)C2)N(C)C(=O)NC1c1cccc(F)c1. The summed E-state index contributed by atoms with van der Waals surface area (Å²) in [4.78, 5) is 29.7. The highest BCUT2D eigenvalue weighted by Crippen LogP contribution is 2.32. The van der Waals surface area contributed by atoms with Crippen LogP contribution in [0.2, 0.25) is 0 Å². The first-order valence-electron chi connectivity index (χ1n) is 12.5. The number of rotatable bonds is 7. The van der Waals surface area contributed by atoms with Gasteiger partial charge in [0.05, 0.1) is 23.1 Å². The molecule has 38 heavy (non-hydrogen) atoms. The number of hydrogen-bond acceptors (Lipinski definition) is 6. The summed E-state index contributed by atoms with van der Waals surface area (Å²) in [6, 6.07) is 10.9. The van der Waals surface area contributed by atoms with E-state index >= 15 is 0 Å². The van der Waals surface area contributed by atoms with Gasteiger partial charge in [-0.25, -0.2) is 22.4 Å². The molecule has 1 saturated heterocycles. The largest absolute Gasteiger partial charge is 0.463 e.